The lowest BCUT2D eigenvalue weighted by molar-refractivity contribution is -0.116. The largest absolute Gasteiger partial charge is 0.345 e. The van der Waals surface area contributed by atoms with Crippen molar-refractivity contribution in [2.24, 2.45) is 7.05 Å². The first-order valence-corrected chi connectivity index (χ1v) is 8.76. The molecule has 0 saturated heterocycles. The van der Waals surface area contributed by atoms with Crippen LogP contribution in [0.3, 0.4) is 0 Å². The number of hydrogen-bond acceptors (Lipinski definition) is 5. The Morgan fingerprint density at radius 1 is 1.22 bits per heavy atom. The van der Waals surface area contributed by atoms with Crippen LogP contribution in [0.2, 0.25) is 0 Å². The Bertz CT molecular complexity index is 1080. The number of nitrogens with zero attached hydrogens (tertiary/aromatic N) is 5. The van der Waals surface area contributed by atoms with Gasteiger partial charge in [-0.3, -0.25) is 19.0 Å². The third-order valence-corrected chi connectivity index (χ3v) is 4.46. The van der Waals surface area contributed by atoms with Crippen LogP contribution in [0.15, 0.2) is 40.0 Å². The molecule has 27 heavy (non-hydrogen) atoms. The minimum Gasteiger partial charge on any atom is -0.345 e. The van der Waals surface area contributed by atoms with E-state index in [9.17, 15) is 14.4 Å². The highest BCUT2D eigenvalue weighted by Gasteiger charge is 2.15. The van der Waals surface area contributed by atoms with Crippen LogP contribution >= 0.6 is 15.9 Å². The van der Waals surface area contributed by atoms with Crippen molar-refractivity contribution in [2.75, 3.05) is 19.4 Å². The summed E-state index contributed by atoms with van der Waals surface area (Å²) in [6.07, 6.45) is 1.32. The number of aromatic nitrogens is 4. The van der Waals surface area contributed by atoms with E-state index >= 15 is 0 Å². The van der Waals surface area contributed by atoms with E-state index in [1.54, 1.807) is 45.4 Å². The summed E-state index contributed by atoms with van der Waals surface area (Å²) in [6, 6.07) is 6.53. The second-order valence-corrected chi connectivity index (χ2v) is 6.87. The Labute approximate surface area is 162 Å². The van der Waals surface area contributed by atoms with E-state index in [0.29, 0.717) is 26.9 Å². The monoisotopic (exact) mass is 432 g/mol. The molecule has 0 radical (unpaired) electrons. The summed E-state index contributed by atoms with van der Waals surface area (Å²) in [6.45, 7) is -0.193. The van der Waals surface area contributed by atoms with Crippen LogP contribution in [0.4, 0.5) is 5.69 Å². The number of carbonyl (C=O) groups excluding carboxylic acids is 2. The Kier molecular flexibility index (Phi) is 5.08. The summed E-state index contributed by atoms with van der Waals surface area (Å²) in [4.78, 5) is 42.4. The molecule has 0 saturated carbocycles. The van der Waals surface area contributed by atoms with Gasteiger partial charge >= 0.3 is 0 Å². The maximum absolute atomic E-state index is 12.6. The minimum absolute atomic E-state index is 0.124. The number of anilines is 1. The van der Waals surface area contributed by atoms with Crippen molar-refractivity contribution in [1.82, 2.24) is 24.2 Å². The van der Waals surface area contributed by atoms with Gasteiger partial charge in [0.2, 0.25) is 5.91 Å². The van der Waals surface area contributed by atoms with Crippen molar-refractivity contribution in [1.29, 1.82) is 0 Å². The van der Waals surface area contributed by atoms with Gasteiger partial charge in [-0.2, -0.15) is 5.10 Å². The number of nitrogens with one attached hydrogen (secondary N) is 1. The molecule has 0 aliphatic heterocycles. The van der Waals surface area contributed by atoms with E-state index in [1.165, 1.54) is 20.5 Å². The number of halogens is 1. The first-order chi connectivity index (χ1) is 12.8. The maximum atomic E-state index is 12.6. The highest BCUT2D eigenvalue weighted by Crippen LogP contribution is 2.16. The molecular formula is C17H17BrN6O3. The Morgan fingerprint density at radius 3 is 2.52 bits per heavy atom. The van der Waals surface area contributed by atoms with Crippen LogP contribution in [0, 0.1) is 0 Å². The third kappa shape index (κ3) is 3.75. The number of fused-ring (bicyclic) bond motifs is 1. The summed E-state index contributed by atoms with van der Waals surface area (Å²) in [5.74, 6) is -0.509. The van der Waals surface area contributed by atoms with Gasteiger partial charge in [0.05, 0.1) is 0 Å². The lowest BCUT2D eigenvalue weighted by Gasteiger charge is -2.11. The van der Waals surface area contributed by atoms with E-state index < -0.39 is 0 Å². The normalized spacial score (nSPS) is 10.8. The van der Waals surface area contributed by atoms with Crippen LogP contribution in [0.5, 0.6) is 0 Å². The zero-order valence-electron chi connectivity index (χ0n) is 14.9. The summed E-state index contributed by atoms with van der Waals surface area (Å²) in [7, 11) is 5.02. The first kappa shape index (κ1) is 18.8. The van der Waals surface area contributed by atoms with Gasteiger partial charge in [-0.1, -0.05) is 0 Å². The van der Waals surface area contributed by atoms with Gasteiger partial charge in [0.15, 0.2) is 5.65 Å². The molecule has 1 N–H and O–H groups in total. The Balaban J connectivity index is 1.76. The fourth-order valence-electron chi connectivity index (χ4n) is 2.56. The van der Waals surface area contributed by atoms with Gasteiger partial charge in [0.25, 0.3) is 11.5 Å². The molecule has 0 atom stereocenters. The van der Waals surface area contributed by atoms with Crippen LogP contribution in [-0.4, -0.2) is 50.1 Å². The average molecular weight is 433 g/mol. The summed E-state index contributed by atoms with van der Waals surface area (Å²) >= 11 is 3.23. The maximum Gasteiger partial charge on any atom is 0.266 e. The number of benzene rings is 1. The lowest BCUT2D eigenvalue weighted by atomic mass is 10.2. The molecule has 9 nitrogen and oxygen atoms in total. The number of rotatable bonds is 4. The topological polar surface area (TPSA) is 102 Å². The molecule has 2 aromatic heterocycles. The van der Waals surface area contributed by atoms with Gasteiger partial charge < -0.3 is 10.2 Å². The second kappa shape index (κ2) is 7.31. The predicted octanol–water partition coefficient (Wildman–Crippen LogP) is 1.23. The standard InChI is InChI=1S/C17H17BrN6O3/c1-22(2)16(26)10-4-6-11(7-5-10)20-12(25)8-24-9-19-15-13(17(24)27)14(18)21-23(15)3/h4-7,9H,8H2,1-3H3,(H,20,25). The van der Waals surface area contributed by atoms with E-state index in [0.717, 1.165) is 0 Å². The van der Waals surface area contributed by atoms with E-state index in [4.69, 9.17) is 0 Å². The zero-order valence-corrected chi connectivity index (χ0v) is 16.5. The number of amides is 2. The smallest absolute Gasteiger partial charge is 0.266 e. The Morgan fingerprint density at radius 2 is 1.89 bits per heavy atom. The van der Waals surface area contributed by atoms with Gasteiger partial charge in [-0.25, -0.2) is 9.67 Å². The SMILES string of the molecule is CN(C)C(=O)c1ccc(NC(=O)Cn2cnc3c(c(Br)nn3C)c2=O)cc1. The van der Waals surface area contributed by atoms with Gasteiger partial charge in [-0.15, -0.1) is 0 Å². The first-order valence-electron chi connectivity index (χ1n) is 7.97. The molecule has 140 valence electrons. The van der Waals surface area contributed by atoms with Crippen molar-refractivity contribution in [3.8, 4) is 0 Å². The van der Waals surface area contributed by atoms with E-state index in [1.807, 2.05) is 0 Å². The second-order valence-electron chi connectivity index (χ2n) is 6.12. The summed E-state index contributed by atoms with van der Waals surface area (Å²) in [5, 5.41) is 7.12. The molecule has 0 fully saturated rings. The number of hydrogen-bond donors (Lipinski definition) is 1. The van der Waals surface area contributed by atoms with E-state index in [2.05, 4.69) is 31.3 Å². The molecule has 2 heterocycles. The summed E-state index contributed by atoms with van der Waals surface area (Å²) < 4.78 is 3.09. The van der Waals surface area contributed by atoms with Crippen molar-refractivity contribution >= 4 is 44.5 Å². The van der Waals surface area contributed by atoms with Crippen LogP contribution in [-0.2, 0) is 18.4 Å². The van der Waals surface area contributed by atoms with Gasteiger partial charge in [-0.05, 0) is 40.2 Å². The zero-order chi connectivity index (χ0) is 19.7. The molecule has 10 heteroatoms. The quantitative estimate of drug-likeness (QED) is 0.667. The molecule has 2 amide bonds. The molecule has 0 aliphatic carbocycles. The minimum atomic E-state index is -0.384. The molecular weight excluding hydrogens is 416 g/mol. The van der Waals surface area contributed by atoms with Crippen molar-refractivity contribution in [3.63, 3.8) is 0 Å². The molecule has 0 aliphatic rings. The van der Waals surface area contributed by atoms with Crippen molar-refractivity contribution < 1.29 is 9.59 Å². The van der Waals surface area contributed by atoms with Crippen LogP contribution < -0.4 is 10.9 Å². The third-order valence-electron chi connectivity index (χ3n) is 3.90. The lowest BCUT2D eigenvalue weighted by Crippen LogP contribution is -2.28. The molecule has 0 spiro atoms. The fraction of sp³-hybridized carbons (Fsp3) is 0.235. The molecule has 0 bridgehead atoms. The Hall–Kier alpha value is -3.01. The highest BCUT2D eigenvalue weighted by atomic mass is 79.9. The molecule has 1 aromatic carbocycles. The van der Waals surface area contributed by atoms with Gasteiger partial charge in [0, 0.05) is 32.4 Å². The van der Waals surface area contributed by atoms with Crippen LogP contribution in [0.25, 0.3) is 11.0 Å². The highest BCUT2D eigenvalue weighted by molar-refractivity contribution is 9.10. The molecule has 0 unspecified atom stereocenters. The average Bonchev–Trinajstić information content (AvgIpc) is 2.91. The predicted molar refractivity (Wildman–Crippen MR) is 104 cm³/mol. The number of carbonyl (C=O) groups is 2. The van der Waals surface area contributed by atoms with E-state index in [-0.39, 0.29) is 23.9 Å². The number of aryl methyl sites for hydroxylation is 1. The van der Waals surface area contributed by atoms with Gasteiger partial charge in [0.1, 0.15) is 22.9 Å². The van der Waals surface area contributed by atoms with Crippen molar-refractivity contribution in [2.45, 2.75) is 6.54 Å². The van der Waals surface area contributed by atoms with Crippen LogP contribution in [0.1, 0.15) is 10.4 Å². The summed E-state index contributed by atoms with van der Waals surface area (Å²) in [5.41, 5.74) is 1.12. The fourth-order valence-corrected chi connectivity index (χ4v) is 3.14. The molecule has 3 rings (SSSR count). The molecule has 3 aromatic rings. The van der Waals surface area contributed by atoms with Crippen molar-refractivity contribution in [3.05, 3.63) is 51.1 Å².